The molecule has 308 valence electrons. The summed E-state index contributed by atoms with van der Waals surface area (Å²) in [4.78, 5) is 32.2. The monoisotopic (exact) mass is 826 g/mol. The van der Waals surface area contributed by atoms with Gasteiger partial charge in [-0.05, 0) is 72.0 Å². The normalized spacial score (nSPS) is 12.7. The summed E-state index contributed by atoms with van der Waals surface area (Å²) in [7, 11) is -3.60. The number of nitrogens with zero attached hydrogens (tertiary/aromatic N) is 3. The summed E-state index contributed by atoms with van der Waals surface area (Å²) in [6.07, 6.45) is 4.41. The maximum Gasteiger partial charge on any atom is 0.340 e. The molecule has 0 aliphatic carbocycles. The number of fused-ring (bicyclic) bond motifs is 1. The van der Waals surface area contributed by atoms with Gasteiger partial charge in [0.25, 0.3) is 6.01 Å². The largest absolute Gasteiger partial charge is 0.465 e. The van der Waals surface area contributed by atoms with E-state index in [9.17, 15) is 26.8 Å². The van der Waals surface area contributed by atoms with Gasteiger partial charge in [0, 0.05) is 17.4 Å². The van der Waals surface area contributed by atoms with E-state index in [0.29, 0.717) is 17.6 Å². The number of ether oxygens (including phenoxy) is 3. The van der Waals surface area contributed by atoms with E-state index in [4.69, 9.17) is 25.8 Å². The predicted octanol–water partition coefficient (Wildman–Crippen LogP) is 6.23. The standard InChI is InChI=1S/C43H44F2N6O7S/c1-4-56-42(53)38(31(23-25-45)10-9-24-44)36(30-19-21-32(22-20-30)59(3,54)55)27-58-41(52)35-13-8-14-37-39(35)48-43(57-5-2)51(37)26-28-15-17-29(18-16-28)33-11-6-7-12-34(33)40(46)49-50-47/h6-23,50H,4-5,24-27,47H2,1-3H3,(H2,46,49)/b10-9-,31-23+,38-36+. The first-order valence-corrected chi connectivity index (χ1v) is 20.3. The Labute approximate surface area is 340 Å². The minimum atomic E-state index is -3.60. The third-order valence-corrected chi connectivity index (χ3v) is 10.1. The quantitative estimate of drug-likeness (QED) is 0.0173. The Balaban J connectivity index is 1.53. The first kappa shape index (κ1) is 43.5. The number of hydrogen-bond acceptors (Lipinski definition) is 11. The maximum absolute atomic E-state index is 14.0. The molecule has 0 bridgehead atoms. The van der Waals surface area contributed by atoms with Crippen LogP contribution in [0.25, 0.3) is 27.7 Å². The summed E-state index contributed by atoms with van der Waals surface area (Å²) in [5.74, 6) is 3.87. The molecule has 13 nitrogen and oxygen atoms in total. The van der Waals surface area contributed by atoms with E-state index >= 15 is 0 Å². The van der Waals surface area contributed by atoms with E-state index < -0.39 is 41.7 Å². The molecule has 5 aromatic rings. The van der Waals surface area contributed by atoms with Crippen LogP contribution in [-0.2, 0) is 30.7 Å². The molecule has 5 N–H and O–H groups in total. The molecule has 0 amide bonds. The summed E-state index contributed by atoms with van der Waals surface area (Å²) in [5.41, 5.74) is 12.7. The average molecular weight is 827 g/mol. The second-order valence-electron chi connectivity index (χ2n) is 12.8. The number of alkyl halides is 2. The number of nitrogens with one attached hydrogen (secondary N) is 1. The van der Waals surface area contributed by atoms with E-state index in [2.05, 4.69) is 15.6 Å². The minimum Gasteiger partial charge on any atom is -0.465 e. The molecule has 16 heteroatoms. The van der Waals surface area contributed by atoms with Gasteiger partial charge in [0.1, 0.15) is 25.5 Å². The van der Waals surface area contributed by atoms with Gasteiger partial charge in [-0.2, -0.15) is 4.98 Å². The topological polar surface area (TPSA) is 190 Å². The Morgan fingerprint density at radius 2 is 1.61 bits per heavy atom. The van der Waals surface area contributed by atoms with Crippen molar-refractivity contribution < 1.29 is 41.0 Å². The smallest absolute Gasteiger partial charge is 0.340 e. The van der Waals surface area contributed by atoms with Crippen LogP contribution in [0.1, 0.15) is 40.9 Å². The fraction of sp³-hybridized carbons (Fsp3) is 0.209. The highest BCUT2D eigenvalue weighted by Crippen LogP contribution is 2.31. The second-order valence-corrected chi connectivity index (χ2v) is 14.8. The second kappa shape index (κ2) is 20.2. The minimum absolute atomic E-state index is 0.00275. The molecule has 0 saturated heterocycles. The van der Waals surface area contributed by atoms with Gasteiger partial charge < -0.3 is 19.9 Å². The zero-order valence-corrected chi connectivity index (χ0v) is 33.5. The van der Waals surface area contributed by atoms with Crippen molar-refractivity contribution in [1.29, 1.82) is 0 Å². The van der Waals surface area contributed by atoms with Crippen molar-refractivity contribution in [2.24, 2.45) is 16.7 Å². The number of sulfone groups is 1. The first-order chi connectivity index (χ1) is 28.4. The molecule has 0 unspecified atom stereocenters. The van der Waals surface area contributed by atoms with Gasteiger partial charge >= 0.3 is 11.9 Å². The molecule has 0 saturated carbocycles. The maximum atomic E-state index is 14.0. The lowest BCUT2D eigenvalue weighted by Gasteiger charge is -2.17. The number of allylic oxidation sites excluding steroid dienone is 3. The Morgan fingerprint density at radius 3 is 2.25 bits per heavy atom. The van der Waals surface area contributed by atoms with Gasteiger partial charge in [0.15, 0.2) is 15.7 Å². The Bertz CT molecular complexity index is 2530. The number of rotatable bonds is 18. The van der Waals surface area contributed by atoms with Crippen LogP contribution in [0.5, 0.6) is 6.01 Å². The van der Waals surface area contributed by atoms with Crippen LogP contribution < -0.4 is 21.8 Å². The Morgan fingerprint density at radius 1 is 0.898 bits per heavy atom. The van der Waals surface area contributed by atoms with Crippen molar-refractivity contribution in [3.05, 3.63) is 143 Å². The van der Waals surface area contributed by atoms with Crippen molar-refractivity contribution in [1.82, 2.24) is 15.1 Å². The summed E-state index contributed by atoms with van der Waals surface area (Å²) >= 11 is 0. The number of aromatic nitrogens is 2. The SMILES string of the molecule is CCOC(=O)C(=C(\COC(=O)c1cccc2c1nc(OCC)n2Cc1ccc(-c2ccccc2/C(N)=N/NN)cc1)c1ccc(S(C)(=O)=O)cc1)/C(/C=C\CF)=C/CF. The van der Waals surface area contributed by atoms with E-state index in [-0.39, 0.29) is 63.3 Å². The Hall–Kier alpha value is -6.65. The number of benzene rings is 4. The van der Waals surface area contributed by atoms with Crippen molar-refractivity contribution in [3.63, 3.8) is 0 Å². The van der Waals surface area contributed by atoms with Crippen molar-refractivity contribution in [2.75, 3.05) is 39.4 Å². The van der Waals surface area contributed by atoms with Crippen LogP contribution in [0.3, 0.4) is 0 Å². The zero-order chi connectivity index (χ0) is 42.5. The molecule has 4 aromatic carbocycles. The van der Waals surface area contributed by atoms with Crippen LogP contribution in [0.2, 0.25) is 0 Å². The van der Waals surface area contributed by atoms with Crippen LogP contribution in [-0.4, -0.2) is 75.2 Å². The zero-order valence-electron chi connectivity index (χ0n) is 32.7. The number of para-hydroxylation sites is 1. The molecular formula is C43H44F2N6O7S. The molecule has 0 radical (unpaired) electrons. The fourth-order valence-corrected chi connectivity index (χ4v) is 6.92. The van der Waals surface area contributed by atoms with Crippen LogP contribution in [0, 0.1) is 0 Å². The molecule has 5 rings (SSSR count). The van der Waals surface area contributed by atoms with Crippen molar-refractivity contribution in [3.8, 4) is 17.1 Å². The highest BCUT2D eigenvalue weighted by Gasteiger charge is 2.25. The lowest BCUT2D eigenvalue weighted by atomic mass is 9.94. The van der Waals surface area contributed by atoms with Gasteiger partial charge in [0.05, 0.1) is 41.3 Å². The number of hydrogen-bond donors (Lipinski definition) is 3. The van der Waals surface area contributed by atoms with Crippen molar-refractivity contribution >= 4 is 44.2 Å². The highest BCUT2D eigenvalue weighted by molar-refractivity contribution is 7.90. The van der Waals surface area contributed by atoms with Gasteiger partial charge in [0.2, 0.25) is 0 Å². The first-order valence-electron chi connectivity index (χ1n) is 18.4. The number of imidazole rings is 1. The predicted molar refractivity (Wildman–Crippen MR) is 222 cm³/mol. The number of carbonyl (C=O) groups is 2. The van der Waals surface area contributed by atoms with Crippen LogP contribution in [0.15, 0.2) is 130 Å². The molecule has 0 atom stereocenters. The fourth-order valence-electron chi connectivity index (χ4n) is 6.29. The van der Waals surface area contributed by atoms with E-state index in [1.54, 1.807) is 19.1 Å². The number of hydrazine groups is 1. The number of halogens is 2. The van der Waals surface area contributed by atoms with E-state index in [0.717, 1.165) is 35.1 Å². The lowest BCUT2D eigenvalue weighted by molar-refractivity contribution is -0.138. The third kappa shape index (κ3) is 10.5. The highest BCUT2D eigenvalue weighted by atomic mass is 32.2. The average Bonchev–Trinajstić information content (AvgIpc) is 3.57. The number of amidine groups is 1. The summed E-state index contributed by atoms with van der Waals surface area (Å²) in [5, 5.41) is 3.91. The summed E-state index contributed by atoms with van der Waals surface area (Å²) < 4.78 is 70.5. The van der Waals surface area contributed by atoms with Gasteiger partial charge in [-0.1, -0.05) is 78.9 Å². The Kier molecular flexibility index (Phi) is 14.9. The number of nitrogens with two attached hydrogens (primary N) is 2. The van der Waals surface area contributed by atoms with Gasteiger partial charge in [-0.25, -0.2) is 38.2 Å². The number of esters is 2. The van der Waals surface area contributed by atoms with Crippen LogP contribution >= 0.6 is 0 Å². The molecule has 0 aliphatic rings. The molecular weight excluding hydrogens is 783 g/mol. The molecule has 0 spiro atoms. The summed E-state index contributed by atoms with van der Waals surface area (Å²) in [6, 6.07) is 26.1. The third-order valence-electron chi connectivity index (χ3n) is 8.96. The molecule has 0 aliphatic heterocycles. The molecule has 59 heavy (non-hydrogen) atoms. The number of hydrazone groups is 1. The van der Waals surface area contributed by atoms with Crippen LogP contribution in [0.4, 0.5) is 8.78 Å². The molecule has 0 fully saturated rings. The molecule has 1 heterocycles. The van der Waals surface area contributed by atoms with Gasteiger partial charge in [-0.15, -0.1) is 5.10 Å². The number of carbonyl (C=O) groups excluding carboxylic acids is 2. The van der Waals surface area contributed by atoms with Crippen molar-refractivity contribution in [2.45, 2.75) is 25.3 Å². The lowest BCUT2D eigenvalue weighted by Crippen LogP contribution is -2.23. The summed E-state index contributed by atoms with van der Waals surface area (Å²) in [6.45, 7) is 1.46. The van der Waals surface area contributed by atoms with Gasteiger partial charge in [-0.3, -0.25) is 4.57 Å². The van der Waals surface area contributed by atoms with E-state index in [1.807, 2.05) is 60.0 Å². The van der Waals surface area contributed by atoms with E-state index in [1.165, 1.54) is 36.4 Å². The molecule has 1 aromatic heterocycles.